The predicted octanol–water partition coefficient (Wildman–Crippen LogP) is -3.68. The third-order valence-electron chi connectivity index (χ3n) is 2.62. The molecule has 0 aromatic carbocycles. The van der Waals surface area contributed by atoms with Crippen molar-refractivity contribution in [3.8, 4) is 0 Å². The first kappa shape index (κ1) is 15.1. The fraction of sp³-hybridized carbons (Fsp3) is 0.889. The van der Waals surface area contributed by atoms with Gasteiger partial charge in [-0.15, -0.1) is 0 Å². The molecule has 0 aliphatic carbocycles. The van der Waals surface area contributed by atoms with Gasteiger partial charge in [-0.3, -0.25) is 0 Å². The maximum Gasteiger partial charge on any atom is 0.508 e. The molecular weight excluding hydrogens is 252 g/mol. The van der Waals surface area contributed by atoms with Crippen molar-refractivity contribution in [3.63, 3.8) is 0 Å². The summed E-state index contributed by atoms with van der Waals surface area (Å²) in [4.78, 5) is 10.6. The van der Waals surface area contributed by atoms with Gasteiger partial charge in [-0.25, -0.2) is 4.79 Å². The van der Waals surface area contributed by atoms with Crippen LogP contribution in [-0.2, 0) is 9.47 Å². The van der Waals surface area contributed by atoms with Gasteiger partial charge >= 0.3 is 6.16 Å². The Bertz CT molecular complexity index is 283. The van der Waals surface area contributed by atoms with Crippen molar-refractivity contribution in [2.75, 3.05) is 13.2 Å². The van der Waals surface area contributed by atoms with Gasteiger partial charge in [0.25, 0.3) is 0 Å². The van der Waals surface area contributed by atoms with E-state index in [0.29, 0.717) is 0 Å². The Kier molecular flexibility index (Phi) is 5.26. The maximum absolute atomic E-state index is 10.6. The highest BCUT2D eigenvalue weighted by atomic mass is 16.8. The van der Waals surface area contributed by atoms with E-state index in [1.165, 1.54) is 0 Å². The molecule has 0 aromatic heterocycles. The summed E-state index contributed by atoms with van der Waals surface area (Å²) in [6, 6.07) is 0. The average molecular weight is 268 g/mol. The van der Waals surface area contributed by atoms with Gasteiger partial charge in [0.2, 0.25) is 0 Å². The second kappa shape index (κ2) is 6.27. The number of carbonyl (C=O) groups excluding carboxylic acids is 1. The van der Waals surface area contributed by atoms with Crippen LogP contribution in [0.1, 0.15) is 0 Å². The number of aliphatic hydroxyl groups excluding tert-OH is 6. The van der Waals surface area contributed by atoms with Crippen LogP contribution >= 0.6 is 0 Å². The zero-order chi connectivity index (χ0) is 13.9. The lowest BCUT2D eigenvalue weighted by atomic mass is 9.97. The molecule has 0 amide bonds. The molecule has 1 fully saturated rings. The number of ether oxygens (including phenoxy) is 2. The molecule has 1 heterocycles. The molecule has 1 rings (SSSR count). The van der Waals surface area contributed by atoms with Gasteiger partial charge in [-0.1, -0.05) is 0 Å². The number of carbonyl (C=O) groups is 1. The van der Waals surface area contributed by atoms with Gasteiger partial charge in [0.05, 0.1) is 6.61 Å². The minimum atomic E-state index is -1.93. The number of hydrogen-bond donors (Lipinski definition) is 6. The molecule has 106 valence electrons. The van der Waals surface area contributed by atoms with Gasteiger partial charge in [-0.05, 0) is 0 Å². The quantitative estimate of drug-likeness (QED) is 0.267. The van der Waals surface area contributed by atoms with Crippen LogP contribution in [0.15, 0.2) is 0 Å². The molecule has 6 atom stereocenters. The van der Waals surface area contributed by atoms with E-state index in [4.69, 9.17) is 10.2 Å². The first-order valence-corrected chi connectivity index (χ1v) is 5.23. The van der Waals surface area contributed by atoms with Crippen molar-refractivity contribution >= 4 is 6.16 Å². The molecule has 1 aliphatic rings. The second-order valence-corrected chi connectivity index (χ2v) is 3.93. The minimum Gasteiger partial charge on any atom is -0.430 e. The van der Waals surface area contributed by atoms with Crippen molar-refractivity contribution in [2.45, 2.75) is 36.6 Å². The van der Waals surface area contributed by atoms with Crippen molar-refractivity contribution in [1.82, 2.24) is 0 Å². The summed E-state index contributed by atoms with van der Waals surface area (Å²) in [5, 5.41) is 55.6. The third-order valence-corrected chi connectivity index (χ3v) is 2.62. The van der Waals surface area contributed by atoms with E-state index in [9.17, 15) is 25.2 Å². The van der Waals surface area contributed by atoms with Crippen molar-refractivity contribution < 1.29 is 44.9 Å². The van der Waals surface area contributed by atoms with Gasteiger partial charge in [0.1, 0.15) is 37.1 Å². The van der Waals surface area contributed by atoms with E-state index < -0.39 is 49.4 Å². The topological polar surface area (TPSA) is 157 Å². The average Bonchev–Trinajstić information content (AvgIpc) is 2.80. The lowest BCUT2D eigenvalue weighted by Gasteiger charge is -2.29. The van der Waals surface area contributed by atoms with E-state index in [-0.39, 0.29) is 6.61 Å². The van der Waals surface area contributed by atoms with Crippen LogP contribution in [-0.4, -0.2) is 86.6 Å². The fourth-order valence-corrected chi connectivity index (χ4v) is 1.47. The molecule has 0 spiro atoms. The molecule has 9 nitrogen and oxygen atoms in total. The Labute approximate surface area is 102 Å². The summed E-state index contributed by atoms with van der Waals surface area (Å²) < 4.78 is 8.86. The number of rotatable bonds is 6. The highest BCUT2D eigenvalue weighted by molar-refractivity contribution is 5.61. The van der Waals surface area contributed by atoms with Crippen molar-refractivity contribution in [2.24, 2.45) is 0 Å². The summed E-state index contributed by atoms with van der Waals surface area (Å²) in [7, 11) is 0. The Morgan fingerprint density at radius 1 is 1.11 bits per heavy atom. The van der Waals surface area contributed by atoms with Crippen LogP contribution in [0.3, 0.4) is 0 Å². The molecule has 1 aliphatic heterocycles. The Morgan fingerprint density at radius 3 is 2.17 bits per heavy atom. The Morgan fingerprint density at radius 2 is 1.72 bits per heavy atom. The van der Waals surface area contributed by atoms with Gasteiger partial charge < -0.3 is 40.1 Å². The van der Waals surface area contributed by atoms with E-state index >= 15 is 0 Å². The predicted molar refractivity (Wildman–Crippen MR) is 53.3 cm³/mol. The normalized spacial score (nSPS) is 27.9. The van der Waals surface area contributed by atoms with Gasteiger partial charge in [0, 0.05) is 0 Å². The standard InChI is InChI=1S/C9H16O9/c10-1-3(11)5(12)7(14)8(15)6(13)4-2-17-9(16)18-4/h3-8,10-15H,1-2H2/t3-,4?,5-,6?,7+,8+/m1/s1. The summed E-state index contributed by atoms with van der Waals surface area (Å²) in [6.45, 7) is -1.13. The van der Waals surface area contributed by atoms with Crippen LogP contribution in [0, 0.1) is 0 Å². The van der Waals surface area contributed by atoms with Crippen LogP contribution in [0.25, 0.3) is 0 Å². The molecule has 18 heavy (non-hydrogen) atoms. The van der Waals surface area contributed by atoms with Gasteiger partial charge in [-0.2, -0.15) is 0 Å². The highest BCUT2D eigenvalue weighted by Crippen LogP contribution is 2.17. The Balaban J connectivity index is 2.57. The number of aliphatic hydroxyl groups is 6. The summed E-state index contributed by atoms with van der Waals surface area (Å²) in [6.07, 6.45) is -11.3. The van der Waals surface area contributed by atoms with E-state index in [2.05, 4.69) is 9.47 Å². The van der Waals surface area contributed by atoms with Crippen molar-refractivity contribution in [3.05, 3.63) is 0 Å². The Hall–Kier alpha value is -0.970. The van der Waals surface area contributed by atoms with E-state index in [1.54, 1.807) is 0 Å². The monoisotopic (exact) mass is 268 g/mol. The molecule has 0 aromatic rings. The van der Waals surface area contributed by atoms with Crippen LogP contribution in [0.4, 0.5) is 4.79 Å². The first-order valence-electron chi connectivity index (χ1n) is 5.23. The van der Waals surface area contributed by atoms with E-state index in [1.807, 2.05) is 0 Å². The molecule has 0 radical (unpaired) electrons. The molecule has 0 saturated carbocycles. The largest absolute Gasteiger partial charge is 0.508 e. The molecule has 0 bridgehead atoms. The zero-order valence-electron chi connectivity index (χ0n) is 9.29. The van der Waals surface area contributed by atoms with Crippen molar-refractivity contribution in [1.29, 1.82) is 0 Å². The van der Waals surface area contributed by atoms with Crippen LogP contribution < -0.4 is 0 Å². The van der Waals surface area contributed by atoms with Crippen LogP contribution in [0.5, 0.6) is 0 Å². The summed E-state index contributed by atoms with van der Waals surface area (Å²) in [5.41, 5.74) is 0. The van der Waals surface area contributed by atoms with E-state index in [0.717, 1.165) is 0 Å². The van der Waals surface area contributed by atoms with Gasteiger partial charge in [0.15, 0.2) is 6.10 Å². The molecular formula is C9H16O9. The molecule has 6 N–H and O–H groups in total. The highest BCUT2D eigenvalue weighted by Gasteiger charge is 2.41. The number of hydrogen-bond acceptors (Lipinski definition) is 9. The lowest BCUT2D eigenvalue weighted by molar-refractivity contribution is -0.154. The lowest BCUT2D eigenvalue weighted by Crippen LogP contribution is -2.53. The first-order chi connectivity index (χ1) is 8.38. The maximum atomic E-state index is 10.6. The fourth-order valence-electron chi connectivity index (χ4n) is 1.47. The van der Waals surface area contributed by atoms with Crippen LogP contribution in [0.2, 0.25) is 0 Å². The summed E-state index contributed by atoms with van der Waals surface area (Å²) >= 11 is 0. The minimum absolute atomic E-state index is 0.303. The summed E-state index contributed by atoms with van der Waals surface area (Å²) in [5.74, 6) is 0. The third kappa shape index (κ3) is 3.28. The SMILES string of the molecule is O=C1OCC(C(O)[C@H](O)[C@@H](O)[C@H](O)[C@H](O)CO)O1. The second-order valence-electron chi connectivity index (χ2n) is 3.93. The molecule has 1 saturated heterocycles. The molecule has 9 heteroatoms. The molecule has 2 unspecified atom stereocenters. The smallest absolute Gasteiger partial charge is 0.430 e. The number of cyclic esters (lactones) is 2. The zero-order valence-corrected chi connectivity index (χ0v) is 9.29.